The number of hydrogen-bond donors (Lipinski definition) is 0. The molecule has 1 heterocycles. The summed E-state index contributed by atoms with van der Waals surface area (Å²) in [7, 11) is -2.19. The standard InChI is InChI=1S/C25H23Cl2NO3S2/c1-25(2,17-5-7-19(26)8-6-17)18-12-20(27)14-21(13-18)28(33(4,29)30)22-11-16-9-10-32-24(16)15-23(22)31-3/h5-15H,1-4H3. The number of halogens is 2. The van der Waals surface area contributed by atoms with Gasteiger partial charge in [-0.1, -0.05) is 49.2 Å². The lowest BCUT2D eigenvalue weighted by atomic mass is 9.78. The molecule has 0 aliphatic carbocycles. The molecule has 0 radical (unpaired) electrons. The van der Waals surface area contributed by atoms with Gasteiger partial charge in [0.25, 0.3) is 0 Å². The molecule has 4 rings (SSSR count). The molecule has 3 aromatic carbocycles. The number of methoxy groups -OCH3 is 1. The van der Waals surface area contributed by atoms with Crippen molar-refractivity contribution in [2.45, 2.75) is 19.3 Å². The van der Waals surface area contributed by atoms with Gasteiger partial charge in [-0.25, -0.2) is 12.7 Å². The Bertz CT molecular complexity index is 1430. The molecule has 4 nitrogen and oxygen atoms in total. The highest BCUT2D eigenvalue weighted by molar-refractivity contribution is 7.92. The Morgan fingerprint density at radius 2 is 1.61 bits per heavy atom. The number of benzene rings is 3. The Morgan fingerprint density at radius 3 is 2.24 bits per heavy atom. The van der Waals surface area contributed by atoms with Crippen LogP contribution in [0.1, 0.15) is 25.0 Å². The molecule has 0 bridgehead atoms. The molecule has 4 aromatic rings. The fourth-order valence-electron chi connectivity index (χ4n) is 3.90. The van der Waals surface area contributed by atoms with Crippen LogP contribution in [-0.2, 0) is 15.4 Å². The number of anilines is 2. The van der Waals surface area contributed by atoms with Gasteiger partial charge in [-0.05, 0) is 64.4 Å². The molecular weight excluding hydrogens is 497 g/mol. The highest BCUT2D eigenvalue weighted by Gasteiger charge is 2.29. The lowest BCUT2D eigenvalue weighted by Gasteiger charge is -2.30. The first-order chi connectivity index (χ1) is 15.5. The van der Waals surface area contributed by atoms with Crippen molar-refractivity contribution in [1.82, 2.24) is 0 Å². The van der Waals surface area contributed by atoms with Crippen LogP contribution in [0.25, 0.3) is 10.1 Å². The lowest BCUT2D eigenvalue weighted by Crippen LogP contribution is -2.26. The number of sulfonamides is 1. The van der Waals surface area contributed by atoms with E-state index >= 15 is 0 Å². The Kier molecular flexibility index (Phi) is 6.40. The van der Waals surface area contributed by atoms with Gasteiger partial charge < -0.3 is 4.74 Å². The Labute approximate surface area is 208 Å². The molecule has 0 amide bonds. The van der Waals surface area contributed by atoms with Crippen LogP contribution in [0.15, 0.2) is 66.0 Å². The van der Waals surface area contributed by atoms with Crippen LogP contribution >= 0.6 is 34.5 Å². The third-order valence-corrected chi connectivity index (χ3v) is 8.13. The molecular formula is C25H23Cl2NO3S2. The maximum absolute atomic E-state index is 13.1. The average molecular weight is 521 g/mol. The second-order valence-electron chi connectivity index (χ2n) is 8.34. The highest BCUT2D eigenvalue weighted by Crippen LogP contribution is 2.43. The third-order valence-electron chi connectivity index (χ3n) is 5.71. The van der Waals surface area contributed by atoms with Crippen molar-refractivity contribution in [2.24, 2.45) is 0 Å². The molecule has 0 unspecified atom stereocenters. The van der Waals surface area contributed by atoms with Crippen molar-refractivity contribution >= 4 is 66.0 Å². The van der Waals surface area contributed by atoms with Crippen LogP contribution in [-0.4, -0.2) is 21.8 Å². The summed E-state index contributed by atoms with van der Waals surface area (Å²) in [5.74, 6) is 0.467. The minimum atomic E-state index is -3.72. The number of thiophene rings is 1. The molecule has 0 aliphatic rings. The van der Waals surface area contributed by atoms with E-state index in [1.807, 2.05) is 60.0 Å². The van der Waals surface area contributed by atoms with E-state index in [0.29, 0.717) is 27.2 Å². The Hall–Kier alpha value is -2.25. The zero-order chi connectivity index (χ0) is 24.0. The highest BCUT2D eigenvalue weighted by atomic mass is 35.5. The average Bonchev–Trinajstić information content (AvgIpc) is 3.19. The summed E-state index contributed by atoms with van der Waals surface area (Å²) in [6.45, 7) is 4.13. The number of ether oxygens (including phenoxy) is 1. The van der Waals surface area contributed by atoms with Crippen LogP contribution in [0.3, 0.4) is 0 Å². The van der Waals surface area contributed by atoms with Gasteiger partial charge in [0.2, 0.25) is 10.0 Å². The first kappa shape index (κ1) is 23.9. The predicted molar refractivity (Wildman–Crippen MR) is 140 cm³/mol. The summed E-state index contributed by atoms with van der Waals surface area (Å²) < 4.78 is 34.0. The molecule has 33 heavy (non-hydrogen) atoms. The number of nitrogens with zero attached hydrogens (tertiary/aromatic N) is 1. The molecule has 8 heteroatoms. The molecule has 172 valence electrons. The van der Waals surface area contributed by atoms with Gasteiger partial charge in [0.05, 0.1) is 24.7 Å². The Morgan fingerprint density at radius 1 is 0.909 bits per heavy atom. The van der Waals surface area contributed by atoms with Crippen molar-refractivity contribution in [3.8, 4) is 5.75 Å². The Balaban J connectivity index is 1.92. The van der Waals surface area contributed by atoms with E-state index in [1.165, 1.54) is 17.7 Å². The van der Waals surface area contributed by atoms with Crippen molar-refractivity contribution in [3.05, 3.63) is 87.2 Å². The monoisotopic (exact) mass is 519 g/mol. The van der Waals surface area contributed by atoms with E-state index in [4.69, 9.17) is 27.9 Å². The van der Waals surface area contributed by atoms with Gasteiger partial charge in [-0.2, -0.15) is 0 Å². The number of fused-ring (bicyclic) bond motifs is 1. The fraction of sp³-hybridized carbons (Fsp3) is 0.200. The summed E-state index contributed by atoms with van der Waals surface area (Å²) in [6.07, 6.45) is 1.18. The van der Waals surface area contributed by atoms with Gasteiger partial charge in [0.1, 0.15) is 5.75 Å². The second-order valence-corrected chi connectivity index (χ2v) is 12.0. The van der Waals surface area contributed by atoms with Crippen LogP contribution in [0.2, 0.25) is 10.0 Å². The quantitative estimate of drug-likeness (QED) is 0.263. The van der Waals surface area contributed by atoms with E-state index in [0.717, 1.165) is 21.2 Å². The first-order valence-electron chi connectivity index (χ1n) is 10.1. The molecule has 1 aromatic heterocycles. The van der Waals surface area contributed by atoms with Gasteiger partial charge in [-0.3, -0.25) is 0 Å². The predicted octanol–water partition coefficient (Wildman–Crippen LogP) is 7.64. The summed E-state index contributed by atoms with van der Waals surface area (Å²) in [5.41, 5.74) is 2.33. The largest absolute Gasteiger partial charge is 0.494 e. The van der Waals surface area contributed by atoms with E-state index in [9.17, 15) is 8.42 Å². The van der Waals surface area contributed by atoms with Crippen molar-refractivity contribution in [3.63, 3.8) is 0 Å². The van der Waals surface area contributed by atoms with E-state index in [-0.39, 0.29) is 0 Å². The molecule has 0 spiro atoms. The van der Waals surface area contributed by atoms with Crippen molar-refractivity contribution < 1.29 is 13.2 Å². The smallest absolute Gasteiger partial charge is 0.236 e. The van der Waals surface area contributed by atoms with Crippen LogP contribution in [0, 0.1) is 0 Å². The normalized spacial score (nSPS) is 12.2. The summed E-state index contributed by atoms with van der Waals surface area (Å²) in [6, 6.07) is 18.6. The van der Waals surface area contributed by atoms with Crippen molar-refractivity contribution in [1.29, 1.82) is 0 Å². The maximum atomic E-state index is 13.1. The van der Waals surface area contributed by atoms with E-state index < -0.39 is 15.4 Å². The summed E-state index contributed by atoms with van der Waals surface area (Å²) in [5, 5.41) is 3.99. The van der Waals surface area contributed by atoms with Crippen molar-refractivity contribution in [2.75, 3.05) is 17.7 Å². The lowest BCUT2D eigenvalue weighted by molar-refractivity contribution is 0.416. The van der Waals surface area contributed by atoms with Crippen LogP contribution < -0.4 is 9.04 Å². The van der Waals surface area contributed by atoms with E-state index in [2.05, 4.69) is 13.8 Å². The summed E-state index contributed by atoms with van der Waals surface area (Å²) >= 11 is 14.2. The molecule has 0 fully saturated rings. The molecule has 0 aliphatic heterocycles. The van der Waals surface area contributed by atoms with Gasteiger partial charge in [0.15, 0.2) is 0 Å². The zero-order valence-electron chi connectivity index (χ0n) is 18.6. The second kappa shape index (κ2) is 8.84. The zero-order valence-corrected chi connectivity index (χ0v) is 21.7. The minimum Gasteiger partial charge on any atom is -0.494 e. The van der Waals surface area contributed by atoms with Gasteiger partial charge in [-0.15, -0.1) is 11.3 Å². The van der Waals surface area contributed by atoms with Crippen LogP contribution in [0.5, 0.6) is 5.75 Å². The number of rotatable bonds is 6. The molecule has 0 saturated heterocycles. The number of hydrogen-bond acceptors (Lipinski definition) is 4. The third kappa shape index (κ3) is 4.71. The van der Waals surface area contributed by atoms with Crippen LogP contribution in [0.4, 0.5) is 11.4 Å². The molecule has 0 atom stereocenters. The fourth-order valence-corrected chi connectivity index (χ4v) is 6.04. The van der Waals surface area contributed by atoms with Gasteiger partial charge in [0, 0.05) is 26.2 Å². The van der Waals surface area contributed by atoms with E-state index in [1.54, 1.807) is 17.4 Å². The van der Waals surface area contributed by atoms with Gasteiger partial charge >= 0.3 is 0 Å². The molecule has 0 N–H and O–H groups in total. The minimum absolute atomic E-state index is 0.434. The topological polar surface area (TPSA) is 46.6 Å². The first-order valence-corrected chi connectivity index (χ1v) is 13.6. The maximum Gasteiger partial charge on any atom is 0.236 e. The molecule has 0 saturated carbocycles. The summed E-state index contributed by atoms with van der Waals surface area (Å²) in [4.78, 5) is 0. The SMILES string of the molecule is COc1cc2sccc2cc1N(c1cc(Cl)cc(C(C)(C)c2ccc(Cl)cc2)c1)S(C)(=O)=O.